The zero-order chi connectivity index (χ0) is 24.4. The van der Waals surface area contributed by atoms with Crippen LogP contribution in [0.3, 0.4) is 0 Å². The minimum Gasteiger partial charge on any atom is -0.376 e. The minimum absolute atomic E-state index is 0.0970. The fraction of sp³-hybridized carbons (Fsp3) is 0.138. The van der Waals surface area contributed by atoms with Crippen LogP contribution in [0.2, 0.25) is 0 Å². The zero-order valence-electron chi connectivity index (χ0n) is 18.9. The Hall–Kier alpha value is -3.96. The van der Waals surface area contributed by atoms with Gasteiger partial charge in [0.25, 0.3) is 0 Å². The lowest BCUT2D eigenvalue weighted by atomic mass is 9.92. The van der Waals surface area contributed by atoms with Crippen LogP contribution in [0.4, 0.5) is 0 Å². The zero-order valence-corrected chi connectivity index (χ0v) is 19.7. The Morgan fingerprint density at radius 3 is 2.31 bits per heavy atom. The minimum atomic E-state index is -0.363. The van der Waals surface area contributed by atoms with Crippen molar-refractivity contribution in [2.75, 3.05) is 0 Å². The molecule has 1 aromatic heterocycles. The van der Waals surface area contributed by atoms with E-state index in [9.17, 15) is 14.4 Å². The third-order valence-corrected chi connectivity index (χ3v) is 6.69. The van der Waals surface area contributed by atoms with Crippen molar-refractivity contribution >= 4 is 39.9 Å². The molecule has 0 saturated heterocycles. The van der Waals surface area contributed by atoms with Gasteiger partial charge in [0.05, 0.1) is 0 Å². The lowest BCUT2D eigenvalue weighted by Crippen LogP contribution is -2.28. The lowest BCUT2D eigenvalue weighted by Gasteiger charge is -2.19. The number of allylic oxidation sites excluding steroid dienone is 2. The number of H-pyrrole nitrogens is 1. The summed E-state index contributed by atoms with van der Waals surface area (Å²) in [4.78, 5) is 41.2. The van der Waals surface area contributed by atoms with Gasteiger partial charge in [0, 0.05) is 46.8 Å². The summed E-state index contributed by atoms with van der Waals surface area (Å²) in [6.45, 7) is 0.307. The number of fused-ring (bicyclic) bond motifs is 2. The standard InChI is InChI=1S/C29H23ClN2O3/c30-26-27(29(35)23-9-2-1-8-22(23)28(26)34)32-16-18-12-14-19(15-13-18)25(33)11-5-6-20-17-31-24-10-4-3-7-21(20)24/h1-4,7-10,12-15,17,31-32H,5-6,11,16H2. The van der Waals surface area contributed by atoms with Crippen molar-refractivity contribution in [2.24, 2.45) is 0 Å². The maximum atomic E-state index is 12.8. The maximum Gasteiger partial charge on any atom is 0.211 e. The predicted molar refractivity (Wildman–Crippen MR) is 137 cm³/mol. The van der Waals surface area contributed by atoms with Gasteiger partial charge in [-0.25, -0.2) is 0 Å². The fourth-order valence-corrected chi connectivity index (χ4v) is 4.68. The molecule has 0 fully saturated rings. The maximum absolute atomic E-state index is 12.8. The Morgan fingerprint density at radius 1 is 0.857 bits per heavy atom. The Morgan fingerprint density at radius 2 is 1.54 bits per heavy atom. The molecule has 1 heterocycles. The molecular formula is C29H23ClN2O3. The number of carbonyl (C=O) groups excluding carboxylic acids is 3. The number of hydrogen-bond donors (Lipinski definition) is 2. The molecule has 35 heavy (non-hydrogen) atoms. The van der Waals surface area contributed by atoms with Crippen LogP contribution in [0, 0.1) is 0 Å². The molecular weight excluding hydrogens is 460 g/mol. The summed E-state index contributed by atoms with van der Waals surface area (Å²) in [6.07, 6.45) is 4.09. The van der Waals surface area contributed by atoms with Gasteiger partial charge in [-0.15, -0.1) is 0 Å². The van der Waals surface area contributed by atoms with Crippen LogP contribution in [0.1, 0.15) is 55.0 Å². The molecule has 0 spiro atoms. The third kappa shape index (κ3) is 4.55. The van der Waals surface area contributed by atoms with Crippen LogP contribution in [-0.2, 0) is 13.0 Å². The second kappa shape index (κ2) is 9.72. The highest BCUT2D eigenvalue weighted by Crippen LogP contribution is 2.27. The number of aromatic amines is 1. The molecule has 5 nitrogen and oxygen atoms in total. The van der Waals surface area contributed by atoms with Crippen LogP contribution in [0.5, 0.6) is 0 Å². The molecule has 0 bridgehead atoms. The van der Waals surface area contributed by atoms with Gasteiger partial charge in [-0.05, 0) is 30.0 Å². The van der Waals surface area contributed by atoms with Crippen molar-refractivity contribution in [3.63, 3.8) is 0 Å². The van der Waals surface area contributed by atoms with Gasteiger partial charge in [0.2, 0.25) is 11.6 Å². The average molecular weight is 483 g/mol. The quantitative estimate of drug-likeness (QED) is 0.302. The first-order valence-corrected chi connectivity index (χ1v) is 11.9. The Labute approximate surface area is 207 Å². The van der Waals surface area contributed by atoms with E-state index in [0.717, 1.165) is 23.9 Å². The first kappa shape index (κ1) is 22.8. The molecule has 5 rings (SSSR count). The highest BCUT2D eigenvalue weighted by atomic mass is 35.5. The number of carbonyl (C=O) groups is 3. The van der Waals surface area contributed by atoms with Crippen LogP contribution in [0.25, 0.3) is 10.9 Å². The van der Waals surface area contributed by atoms with Crippen LogP contribution < -0.4 is 5.32 Å². The van der Waals surface area contributed by atoms with Crippen molar-refractivity contribution in [1.82, 2.24) is 10.3 Å². The summed E-state index contributed by atoms with van der Waals surface area (Å²) in [7, 11) is 0. The van der Waals surface area contributed by atoms with E-state index in [0.29, 0.717) is 29.7 Å². The summed E-state index contributed by atoms with van der Waals surface area (Å²) in [5.74, 6) is -0.565. The van der Waals surface area contributed by atoms with E-state index in [1.807, 2.05) is 36.5 Å². The third-order valence-electron chi connectivity index (χ3n) is 6.33. The first-order valence-electron chi connectivity index (χ1n) is 11.5. The number of rotatable bonds is 8. The SMILES string of the molecule is O=C(CCCc1c[nH]c2ccccc12)c1ccc(CNC2=C(Cl)C(=O)c3ccccc3C2=O)cc1. The molecule has 0 saturated carbocycles. The van der Waals surface area contributed by atoms with Gasteiger partial charge >= 0.3 is 0 Å². The Balaban J connectivity index is 1.18. The molecule has 0 aliphatic heterocycles. The number of aromatic nitrogens is 1. The van der Waals surface area contributed by atoms with E-state index in [-0.39, 0.29) is 28.1 Å². The van der Waals surface area contributed by atoms with E-state index in [2.05, 4.69) is 16.4 Å². The summed E-state index contributed by atoms with van der Waals surface area (Å²) >= 11 is 6.21. The van der Waals surface area contributed by atoms with Gasteiger partial charge < -0.3 is 10.3 Å². The summed E-state index contributed by atoms with van der Waals surface area (Å²) in [5.41, 5.74) is 4.63. The van der Waals surface area contributed by atoms with Crippen LogP contribution in [0.15, 0.2) is 89.7 Å². The number of nitrogens with one attached hydrogen (secondary N) is 2. The Kier molecular flexibility index (Phi) is 6.34. The molecule has 6 heteroatoms. The number of halogens is 1. The van der Waals surface area contributed by atoms with Gasteiger partial charge in [0.1, 0.15) is 10.7 Å². The fourth-order valence-electron chi connectivity index (χ4n) is 4.42. The molecule has 174 valence electrons. The van der Waals surface area contributed by atoms with Crippen molar-refractivity contribution in [1.29, 1.82) is 0 Å². The van der Waals surface area contributed by atoms with Crippen molar-refractivity contribution in [3.8, 4) is 0 Å². The summed E-state index contributed by atoms with van der Waals surface area (Å²) in [6, 6.07) is 22.1. The number of para-hydroxylation sites is 1. The van der Waals surface area contributed by atoms with E-state index in [4.69, 9.17) is 11.6 Å². The molecule has 0 atom stereocenters. The van der Waals surface area contributed by atoms with E-state index in [1.165, 1.54) is 10.9 Å². The first-order chi connectivity index (χ1) is 17.0. The molecule has 1 aliphatic rings. The monoisotopic (exact) mass is 482 g/mol. The largest absolute Gasteiger partial charge is 0.376 e. The number of hydrogen-bond acceptors (Lipinski definition) is 4. The topological polar surface area (TPSA) is 79.0 Å². The lowest BCUT2D eigenvalue weighted by molar-refractivity contribution is 0.0974. The van der Waals surface area contributed by atoms with Gasteiger partial charge in [-0.1, -0.05) is 78.3 Å². The normalized spacial score (nSPS) is 13.3. The van der Waals surface area contributed by atoms with E-state index >= 15 is 0 Å². The molecule has 0 unspecified atom stereocenters. The van der Waals surface area contributed by atoms with Crippen molar-refractivity contribution in [2.45, 2.75) is 25.8 Å². The smallest absolute Gasteiger partial charge is 0.211 e. The van der Waals surface area contributed by atoms with Crippen LogP contribution >= 0.6 is 11.6 Å². The predicted octanol–water partition coefficient (Wildman–Crippen LogP) is 5.99. The van der Waals surface area contributed by atoms with Crippen LogP contribution in [-0.4, -0.2) is 22.3 Å². The Bertz CT molecular complexity index is 1480. The second-order valence-corrected chi connectivity index (χ2v) is 8.96. The summed E-state index contributed by atoms with van der Waals surface area (Å²) < 4.78 is 0. The average Bonchev–Trinajstić information content (AvgIpc) is 3.31. The second-order valence-electron chi connectivity index (χ2n) is 8.58. The van der Waals surface area contributed by atoms with Gasteiger partial charge in [0.15, 0.2) is 5.78 Å². The van der Waals surface area contributed by atoms with Gasteiger partial charge in [-0.3, -0.25) is 14.4 Å². The highest BCUT2D eigenvalue weighted by Gasteiger charge is 2.30. The van der Waals surface area contributed by atoms with Gasteiger partial charge in [-0.2, -0.15) is 0 Å². The molecule has 4 aromatic rings. The number of Topliss-reactive ketones (excluding diaryl/α,β-unsaturated/α-hetero) is 3. The van der Waals surface area contributed by atoms with E-state index in [1.54, 1.807) is 36.4 Å². The molecule has 2 N–H and O–H groups in total. The number of benzene rings is 3. The summed E-state index contributed by atoms with van der Waals surface area (Å²) in [5, 5.41) is 4.11. The molecule has 0 radical (unpaired) electrons. The number of ketones is 3. The molecule has 3 aromatic carbocycles. The van der Waals surface area contributed by atoms with Crippen molar-refractivity contribution < 1.29 is 14.4 Å². The van der Waals surface area contributed by atoms with Crippen molar-refractivity contribution in [3.05, 3.63) is 118 Å². The molecule has 0 amide bonds. The number of aryl methyl sites for hydroxylation is 1. The highest BCUT2D eigenvalue weighted by molar-refractivity contribution is 6.49. The van der Waals surface area contributed by atoms with E-state index < -0.39 is 0 Å². The molecule has 1 aliphatic carbocycles.